The van der Waals surface area contributed by atoms with Gasteiger partial charge in [0.25, 0.3) is 0 Å². The third-order valence-electron chi connectivity index (χ3n) is 5.01. The second kappa shape index (κ2) is 6.88. The highest BCUT2D eigenvalue weighted by Gasteiger charge is 2.16. The molecule has 0 aliphatic rings. The first-order chi connectivity index (χ1) is 13.0. The van der Waals surface area contributed by atoms with Crippen molar-refractivity contribution in [2.75, 3.05) is 0 Å². The van der Waals surface area contributed by atoms with E-state index < -0.39 is 0 Å². The van der Waals surface area contributed by atoms with Crippen molar-refractivity contribution in [3.05, 3.63) is 89.0 Å². The Balaban J connectivity index is 1.91. The smallest absolute Gasteiger partial charge is 0.138 e. The highest BCUT2D eigenvalue weighted by molar-refractivity contribution is 5.81. The third-order valence-corrected chi connectivity index (χ3v) is 5.01. The average molecular weight is 352 g/mol. The van der Waals surface area contributed by atoms with Crippen LogP contribution in [-0.4, -0.2) is 9.97 Å². The molecule has 4 rings (SSSR count). The summed E-state index contributed by atoms with van der Waals surface area (Å²) >= 11 is 0. The van der Waals surface area contributed by atoms with Crippen LogP contribution in [0.3, 0.4) is 0 Å². The number of nitrogens with zero attached hydrogens (tertiary/aromatic N) is 1. The first-order valence-corrected chi connectivity index (χ1v) is 9.33. The summed E-state index contributed by atoms with van der Waals surface area (Å²) in [4.78, 5) is 8.61. The molecule has 0 fully saturated rings. The van der Waals surface area contributed by atoms with Crippen LogP contribution in [0.5, 0.6) is 0 Å². The van der Waals surface area contributed by atoms with Gasteiger partial charge >= 0.3 is 0 Å². The number of hydrogen-bond acceptors (Lipinski definition) is 1. The standard InChI is InChI=1S/C25H24N2/c1-16-5-10-20(11-6-16)23-24(21-12-7-17(2)8-13-21)27-25(26-23)22-14-9-18(3)15-19(22)4/h5-15H,1-4H3,(H,26,27). The van der Waals surface area contributed by atoms with E-state index in [2.05, 4.69) is 99.4 Å². The highest BCUT2D eigenvalue weighted by Crippen LogP contribution is 2.34. The number of benzene rings is 3. The first kappa shape index (κ1) is 17.3. The van der Waals surface area contributed by atoms with Gasteiger partial charge in [0.15, 0.2) is 0 Å². The van der Waals surface area contributed by atoms with Crippen molar-refractivity contribution in [1.82, 2.24) is 9.97 Å². The Hall–Kier alpha value is -3.13. The number of nitrogens with one attached hydrogen (secondary N) is 1. The van der Waals surface area contributed by atoms with E-state index in [1.54, 1.807) is 0 Å². The molecule has 0 radical (unpaired) electrons. The number of aromatic nitrogens is 2. The second-order valence-electron chi connectivity index (χ2n) is 7.36. The highest BCUT2D eigenvalue weighted by atomic mass is 14.9. The zero-order valence-corrected chi connectivity index (χ0v) is 16.3. The molecule has 1 heterocycles. The molecule has 0 saturated heterocycles. The summed E-state index contributed by atoms with van der Waals surface area (Å²) in [5.74, 6) is 0.915. The Kier molecular flexibility index (Phi) is 4.41. The fourth-order valence-corrected chi connectivity index (χ4v) is 3.43. The summed E-state index contributed by atoms with van der Waals surface area (Å²) in [6.45, 7) is 8.48. The molecule has 1 N–H and O–H groups in total. The molecule has 0 bridgehead atoms. The number of aryl methyl sites for hydroxylation is 4. The maximum Gasteiger partial charge on any atom is 0.138 e. The van der Waals surface area contributed by atoms with Crippen LogP contribution in [0, 0.1) is 27.7 Å². The predicted molar refractivity (Wildman–Crippen MR) is 114 cm³/mol. The van der Waals surface area contributed by atoms with E-state index in [0.29, 0.717) is 0 Å². The molecule has 0 amide bonds. The summed E-state index contributed by atoms with van der Waals surface area (Å²) in [6, 6.07) is 23.7. The Morgan fingerprint density at radius 1 is 0.630 bits per heavy atom. The van der Waals surface area contributed by atoms with E-state index in [1.807, 2.05) is 0 Å². The van der Waals surface area contributed by atoms with Gasteiger partial charge in [-0.15, -0.1) is 0 Å². The van der Waals surface area contributed by atoms with Crippen molar-refractivity contribution in [3.8, 4) is 33.9 Å². The molecule has 4 aromatic rings. The number of aromatic amines is 1. The van der Waals surface area contributed by atoms with Crippen molar-refractivity contribution in [3.63, 3.8) is 0 Å². The van der Waals surface area contributed by atoms with Crippen LogP contribution >= 0.6 is 0 Å². The zero-order chi connectivity index (χ0) is 19.0. The fraction of sp³-hybridized carbons (Fsp3) is 0.160. The number of hydrogen-bond donors (Lipinski definition) is 1. The van der Waals surface area contributed by atoms with E-state index >= 15 is 0 Å². The van der Waals surface area contributed by atoms with E-state index in [1.165, 1.54) is 22.3 Å². The van der Waals surface area contributed by atoms with E-state index in [-0.39, 0.29) is 0 Å². The zero-order valence-electron chi connectivity index (χ0n) is 16.3. The molecule has 0 saturated carbocycles. The maximum absolute atomic E-state index is 5.01. The summed E-state index contributed by atoms with van der Waals surface area (Å²) in [7, 11) is 0. The summed E-state index contributed by atoms with van der Waals surface area (Å²) in [6.07, 6.45) is 0. The van der Waals surface area contributed by atoms with Crippen LogP contribution in [0.4, 0.5) is 0 Å². The molecule has 2 heteroatoms. The van der Waals surface area contributed by atoms with Gasteiger partial charge in [0.1, 0.15) is 5.82 Å². The van der Waals surface area contributed by atoms with Gasteiger partial charge in [-0.05, 0) is 33.3 Å². The molecule has 1 aromatic heterocycles. The molecular formula is C25H24N2. The fourth-order valence-electron chi connectivity index (χ4n) is 3.43. The van der Waals surface area contributed by atoms with Crippen molar-refractivity contribution >= 4 is 0 Å². The van der Waals surface area contributed by atoms with E-state index in [4.69, 9.17) is 4.98 Å². The Bertz CT molecular complexity index is 1020. The quantitative estimate of drug-likeness (QED) is 0.439. The van der Waals surface area contributed by atoms with Gasteiger partial charge in [0.05, 0.1) is 11.4 Å². The third kappa shape index (κ3) is 3.43. The van der Waals surface area contributed by atoms with Gasteiger partial charge in [0, 0.05) is 16.7 Å². The lowest BCUT2D eigenvalue weighted by Crippen LogP contribution is -1.87. The maximum atomic E-state index is 5.01. The number of H-pyrrole nitrogens is 1. The van der Waals surface area contributed by atoms with Gasteiger partial charge in [0.2, 0.25) is 0 Å². The summed E-state index contributed by atoms with van der Waals surface area (Å²) in [5.41, 5.74) is 10.5. The lowest BCUT2D eigenvalue weighted by molar-refractivity contribution is 1.27. The first-order valence-electron chi connectivity index (χ1n) is 9.33. The lowest BCUT2D eigenvalue weighted by Gasteiger charge is -2.04. The van der Waals surface area contributed by atoms with Crippen molar-refractivity contribution < 1.29 is 0 Å². The molecule has 0 aliphatic carbocycles. The molecule has 27 heavy (non-hydrogen) atoms. The molecule has 134 valence electrons. The van der Waals surface area contributed by atoms with Crippen LogP contribution in [0.25, 0.3) is 33.9 Å². The summed E-state index contributed by atoms with van der Waals surface area (Å²) in [5, 5.41) is 0. The van der Waals surface area contributed by atoms with Gasteiger partial charge in [-0.3, -0.25) is 0 Å². The number of rotatable bonds is 3. The second-order valence-corrected chi connectivity index (χ2v) is 7.36. The van der Waals surface area contributed by atoms with Crippen LogP contribution in [0.2, 0.25) is 0 Å². The van der Waals surface area contributed by atoms with Crippen molar-refractivity contribution in [1.29, 1.82) is 0 Å². The van der Waals surface area contributed by atoms with Crippen molar-refractivity contribution in [2.24, 2.45) is 0 Å². The van der Waals surface area contributed by atoms with Gasteiger partial charge in [-0.2, -0.15) is 0 Å². The minimum Gasteiger partial charge on any atom is -0.337 e. The molecule has 0 aliphatic heterocycles. The minimum atomic E-state index is 0.915. The van der Waals surface area contributed by atoms with Crippen LogP contribution in [0.15, 0.2) is 66.7 Å². The Morgan fingerprint density at radius 2 is 1.19 bits per heavy atom. The monoisotopic (exact) mass is 352 g/mol. The van der Waals surface area contributed by atoms with Crippen LogP contribution in [-0.2, 0) is 0 Å². The van der Waals surface area contributed by atoms with Gasteiger partial charge in [-0.1, -0.05) is 83.4 Å². The molecular weight excluding hydrogens is 328 g/mol. The van der Waals surface area contributed by atoms with E-state index in [9.17, 15) is 0 Å². The largest absolute Gasteiger partial charge is 0.337 e. The SMILES string of the molecule is Cc1ccc(-c2nc(-c3ccc(C)cc3C)[nH]c2-c2ccc(C)cc2)cc1. The Morgan fingerprint density at radius 3 is 1.78 bits per heavy atom. The van der Waals surface area contributed by atoms with Crippen molar-refractivity contribution in [2.45, 2.75) is 27.7 Å². The van der Waals surface area contributed by atoms with Crippen LogP contribution < -0.4 is 0 Å². The lowest BCUT2D eigenvalue weighted by atomic mass is 10.0. The topological polar surface area (TPSA) is 28.7 Å². The molecule has 0 unspecified atom stereocenters. The Labute approximate surface area is 160 Å². The molecule has 2 nitrogen and oxygen atoms in total. The predicted octanol–water partition coefficient (Wildman–Crippen LogP) is 6.64. The normalized spacial score (nSPS) is 11.0. The minimum absolute atomic E-state index is 0.915. The number of imidazole rings is 1. The molecule has 0 atom stereocenters. The molecule has 0 spiro atoms. The molecule has 3 aromatic carbocycles. The van der Waals surface area contributed by atoms with Gasteiger partial charge < -0.3 is 4.98 Å². The van der Waals surface area contributed by atoms with Crippen LogP contribution in [0.1, 0.15) is 22.3 Å². The summed E-state index contributed by atoms with van der Waals surface area (Å²) < 4.78 is 0. The van der Waals surface area contributed by atoms with E-state index in [0.717, 1.165) is 33.9 Å². The average Bonchev–Trinajstić information content (AvgIpc) is 3.08. The van der Waals surface area contributed by atoms with Gasteiger partial charge in [-0.25, -0.2) is 4.98 Å².